The second-order valence-corrected chi connectivity index (χ2v) is 7.56. The molecular formula is C12H20N2O4S2. The molecule has 2 atom stereocenters. The van der Waals surface area contributed by atoms with Crippen LogP contribution in [0.1, 0.15) is 30.8 Å². The van der Waals surface area contributed by atoms with Crippen LogP contribution in [0.15, 0.2) is 5.51 Å². The number of hydrogen-bond acceptors (Lipinski definition) is 5. The van der Waals surface area contributed by atoms with Crippen molar-refractivity contribution in [3.8, 4) is 0 Å². The van der Waals surface area contributed by atoms with E-state index in [2.05, 4.69) is 9.71 Å². The highest BCUT2D eigenvalue weighted by Gasteiger charge is 2.28. The number of sulfonamides is 1. The summed E-state index contributed by atoms with van der Waals surface area (Å²) in [4.78, 5) is 16.1. The monoisotopic (exact) mass is 320 g/mol. The predicted octanol–water partition coefficient (Wildman–Crippen LogP) is 1.41. The molecule has 0 unspecified atom stereocenters. The van der Waals surface area contributed by atoms with Crippen LogP contribution < -0.4 is 4.72 Å². The van der Waals surface area contributed by atoms with E-state index >= 15 is 0 Å². The van der Waals surface area contributed by atoms with Crippen LogP contribution in [0.5, 0.6) is 0 Å². The van der Waals surface area contributed by atoms with Gasteiger partial charge in [-0.25, -0.2) is 18.1 Å². The number of aliphatic carboxylic acids is 1. The number of rotatable bonds is 8. The summed E-state index contributed by atoms with van der Waals surface area (Å²) < 4.78 is 26.2. The van der Waals surface area contributed by atoms with E-state index in [0.717, 1.165) is 10.6 Å². The van der Waals surface area contributed by atoms with Crippen molar-refractivity contribution in [1.82, 2.24) is 9.71 Å². The average molecular weight is 320 g/mol. The molecule has 114 valence electrons. The van der Waals surface area contributed by atoms with Gasteiger partial charge < -0.3 is 5.11 Å². The first-order chi connectivity index (χ1) is 9.26. The Hall–Kier alpha value is -0.990. The maximum atomic E-state index is 12.0. The molecule has 0 saturated carbocycles. The van der Waals surface area contributed by atoms with Crippen molar-refractivity contribution in [2.45, 2.75) is 39.7 Å². The minimum atomic E-state index is -3.63. The highest BCUT2D eigenvalue weighted by molar-refractivity contribution is 7.89. The zero-order chi connectivity index (χ0) is 15.3. The second-order valence-electron chi connectivity index (χ2n) is 4.75. The van der Waals surface area contributed by atoms with E-state index in [-0.39, 0.29) is 11.7 Å². The van der Waals surface area contributed by atoms with Gasteiger partial charge in [-0.1, -0.05) is 20.3 Å². The summed E-state index contributed by atoms with van der Waals surface area (Å²) in [7, 11) is -3.63. The molecule has 1 rings (SSSR count). The number of hydrogen-bond donors (Lipinski definition) is 2. The summed E-state index contributed by atoms with van der Waals surface area (Å²) in [5, 5.41) is 9.10. The van der Waals surface area contributed by atoms with Crippen molar-refractivity contribution >= 4 is 27.3 Å². The molecule has 1 heterocycles. The molecule has 0 saturated heterocycles. The van der Waals surface area contributed by atoms with Crippen LogP contribution in [0, 0.1) is 12.8 Å². The molecule has 2 N–H and O–H groups in total. The summed E-state index contributed by atoms with van der Waals surface area (Å²) in [6, 6.07) is -1.08. The molecule has 0 aliphatic carbocycles. The van der Waals surface area contributed by atoms with Crippen molar-refractivity contribution in [3.63, 3.8) is 0 Å². The fraction of sp³-hybridized carbons (Fsp3) is 0.667. The molecule has 0 radical (unpaired) electrons. The van der Waals surface area contributed by atoms with E-state index in [1.54, 1.807) is 12.4 Å². The lowest BCUT2D eigenvalue weighted by molar-refractivity contribution is -0.140. The smallest absolute Gasteiger partial charge is 0.322 e. The van der Waals surface area contributed by atoms with Crippen molar-refractivity contribution in [2.75, 3.05) is 5.75 Å². The molecule has 1 aromatic rings. The van der Waals surface area contributed by atoms with E-state index in [0.29, 0.717) is 12.8 Å². The van der Waals surface area contributed by atoms with Gasteiger partial charge in [0.2, 0.25) is 10.0 Å². The van der Waals surface area contributed by atoms with Crippen LogP contribution >= 0.6 is 11.3 Å². The summed E-state index contributed by atoms with van der Waals surface area (Å²) in [5.74, 6) is -1.53. The van der Waals surface area contributed by atoms with Crippen LogP contribution in [0.4, 0.5) is 0 Å². The Bertz CT molecular complexity index is 554. The Labute approximate surface area is 123 Å². The third-order valence-corrected chi connectivity index (χ3v) is 5.58. The molecule has 0 fully saturated rings. The van der Waals surface area contributed by atoms with Gasteiger partial charge in [0.25, 0.3) is 0 Å². The molecule has 8 heteroatoms. The van der Waals surface area contributed by atoms with Gasteiger partial charge >= 0.3 is 5.97 Å². The van der Waals surface area contributed by atoms with Crippen LogP contribution in [0.3, 0.4) is 0 Å². The lowest BCUT2D eigenvalue weighted by atomic mass is 10.0. The minimum absolute atomic E-state index is 0.129. The van der Waals surface area contributed by atoms with Crippen molar-refractivity contribution in [3.05, 3.63) is 16.1 Å². The molecular weight excluding hydrogens is 300 g/mol. The summed E-state index contributed by atoms with van der Waals surface area (Å²) in [6.45, 7) is 5.37. The highest BCUT2D eigenvalue weighted by atomic mass is 32.2. The summed E-state index contributed by atoms with van der Waals surface area (Å²) in [5.41, 5.74) is 2.49. The Balaban J connectivity index is 2.68. The van der Waals surface area contributed by atoms with Gasteiger partial charge in [0.1, 0.15) is 6.04 Å². The zero-order valence-electron chi connectivity index (χ0n) is 11.8. The first kappa shape index (κ1) is 17.1. The fourth-order valence-electron chi connectivity index (χ4n) is 1.69. The number of thiazole rings is 1. The number of aryl methyl sites for hydroxylation is 2. The number of aromatic nitrogens is 1. The van der Waals surface area contributed by atoms with E-state index in [4.69, 9.17) is 5.11 Å². The van der Waals surface area contributed by atoms with Gasteiger partial charge in [0.05, 0.1) is 17.0 Å². The molecule has 1 aromatic heterocycles. The Morgan fingerprint density at radius 2 is 2.20 bits per heavy atom. The number of carbonyl (C=O) groups is 1. The second kappa shape index (κ2) is 7.14. The standard InChI is InChI=1S/C12H20N2O4S2/c1-4-8(2)11(12(15)16)14-20(17,18)6-5-10-9(3)13-7-19-10/h7-8,11,14H,4-6H2,1-3H3,(H,15,16)/t8-,11-/m0/s1. The van der Waals surface area contributed by atoms with E-state index in [1.807, 2.05) is 13.8 Å². The number of carboxylic acid groups (broad SMARTS) is 1. The summed E-state index contributed by atoms with van der Waals surface area (Å²) >= 11 is 1.41. The SMILES string of the molecule is CC[C@H](C)[C@H](NS(=O)(=O)CCc1scnc1C)C(=O)O. The number of carboxylic acids is 1. The van der Waals surface area contributed by atoms with Crippen LogP contribution in [-0.4, -0.2) is 36.3 Å². The van der Waals surface area contributed by atoms with E-state index in [9.17, 15) is 13.2 Å². The highest BCUT2D eigenvalue weighted by Crippen LogP contribution is 2.14. The predicted molar refractivity (Wildman–Crippen MR) is 78.4 cm³/mol. The molecule has 6 nitrogen and oxygen atoms in total. The largest absolute Gasteiger partial charge is 0.480 e. The average Bonchev–Trinajstić information content (AvgIpc) is 2.78. The first-order valence-electron chi connectivity index (χ1n) is 6.38. The lowest BCUT2D eigenvalue weighted by Gasteiger charge is -2.19. The number of nitrogens with zero attached hydrogens (tertiary/aromatic N) is 1. The van der Waals surface area contributed by atoms with Gasteiger partial charge in [0.15, 0.2) is 0 Å². The maximum Gasteiger partial charge on any atom is 0.322 e. The Morgan fingerprint density at radius 1 is 1.55 bits per heavy atom. The molecule has 0 spiro atoms. The van der Waals surface area contributed by atoms with E-state index < -0.39 is 22.0 Å². The Kier molecular flexibility index (Phi) is 6.09. The van der Waals surface area contributed by atoms with Crippen LogP contribution in [0.25, 0.3) is 0 Å². The van der Waals surface area contributed by atoms with Gasteiger partial charge in [-0.3, -0.25) is 4.79 Å². The van der Waals surface area contributed by atoms with Gasteiger partial charge in [-0.2, -0.15) is 0 Å². The van der Waals surface area contributed by atoms with Crippen LogP contribution in [0.2, 0.25) is 0 Å². The van der Waals surface area contributed by atoms with Gasteiger partial charge in [0, 0.05) is 4.88 Å². The van der Waals surface area contributed by atoms with Gasteiger partial charge in [-0.15, -0.1) is 11.3 Å². The van der Waals surface area contributed by atoms with Crippen molar-refractivity contribution in [1.29, 1.82) is 0 Å². The maximum absolute atomic E-state index is 12.0. The number of nitrogens with one attached hydrogen (secondary N) is 1. The minimum Gasteiger partial charge on any atom is -0.480 e. The first-order valence-corrected chi connectivity index (χ1v) is 8.91. The molecule has 0 aliphatic heterocycles. The quantitative estimate of drug-likeness (QED) is 0.755. The van der Waals surface area contributed by atoms with E-state index in [1.165, 1.54) is 11.3 Å². The topological polar surface area (TPSA) is 96.4 Å². The normalized spacial score (nSPS) is 14.9. The van der Waals surface area contributed by atoms with Crippen molar-refractivity contribution in [2.24, 2.45) is 5.92 Å². The molecule has 0 aliphatic rings. The molecule has 0 amide bonds. The Morgan fingerprint density at radius 3 is 2.65 bits per heavy atom. The zero-order valence-corrected chi connectivity index (χ0v) is 13.4. The summed E-state index contributed by atoms with van der Waals surface area (Å²) in [6.07, 6.45) is 0.937. The molecule has 0 bridgehead atoms. The fourth-order valence-corrected chi connectivity index (χ4v) is 3.91. The molecule has 0 aromatic carbocycles. The third-order valence-electron chi connectivity index (χ3n) is 3.23. The van der Waals surface area contributed by atoms with Gasteiger partial charge in [-0.05, 0) is 19.3 Å². The van der Waals surface area contributed by atoms with Crippen LogP contribution in [-0.2, 0) is 21.2 Å². The van der Waals surface area contributed by atoms with Crippen molar-refractivity contribution < 1.29 is 18.3 Å². The molecule has 20 heavy (non-hydrogen) atoms. The lowest BCUT2D eigenvalue weighted by Crippen LogP contribution is -2.45. The third kappa shape index (κ3) is 4.84.